The first-order valence-electron chi connectivity index (χ1n) is 8.07. The average molecular weight is 365 g/mol. The van der Waals surface area contributed by atoms with Crippen LogP contribution in [0.3, 0.4) is 0 Å². The lowest BCUT2D eigenvalue weighted by Gasteiger charge is -2.13. The molecule has 1 atom stereocenters. The zero-order chi connectivity index (χ0) is 19.4. The van der Waals surface area contributed by atoms with Gasteiger partial charge in [0.2, 0.25) is 0 Å². The fraction of sp³-hybridized carbons (Fsp3) is 0.158. The molecule has 1 heterocycles. The van der Waals surface area contributed by atoms with Gasteiger partial charge in [-0.2, -0.15) is 5.26 Å². The van der Waals surface area contributed by atoms with Gasteiger partial charge >= 0.3 is 11.7 Å². The maximum absolute atomic E-state index is 12.1. The van der Waals surface area contributed by atoms with Gasteiger partial charge in [0.15, 0.2) is 11.7 Å². The molecule has 0 aliphatic heterocycles. The maximum Gasteiger partial charge on any atom is 0.420 e. The van der Waals surface area contributed by atoms with Crippen LogP contribution in [0.25, 0.3) is 11.1 Å². The summed E-state index contributed by atoms with van der Waals surface area (Å²) in [6.07, 6.45) is -1.07. The number of esters is 1. The first-order chi connectivity index (χ1) is 13.0. The Morgan fingerprint density at radius 2 is 1.93 bits per heavy atom. The molecule has 1 N–H and O–H groups in total. The number of carbonyl (C=O) groups is 2. The minimum atomic E-state index is -1.07. The van der Waals surface area contributed by atoms with Gasteiger partial charge in [-0.3, -0.25) is 14.2 Å². The number of amides is 1. The minimum absolute atomic E-state index is 0.363. The van der Waals surface area contributed by atoms with Gasteiger partial charge in [-0.1, -0.05) is 12.1 Å². The number of para-hydroxylation sites is 2. The highest BCUT2D eigenvalue weighted by atomic mass is 16.5. The number of rotatable bonds is 5. The zero-order valence-electron chi connectivity index (χ0n) is 14.3. The van der Waals surface area contributed by atoms with Crippen molar-refractivity contribution in [1.29, 1.82) is 5.26 Å². The summed E-state index contributed by atoms with van der Waals surface area (Å²) in [6, 6.07) is 14.9. The summed E-state index contributed by atoms with van der Waals surface area (Å²) in [6.45, 7) is 1.05. The third-order valence-electron chi connectivity index (χ3n) is 3.82. The Kier molecular flexibility index (Phi) is 5.04. The summed E-state index contributed by atoms with van der Waals surface area (Å²) in [4.78, 5) is 36.1. The third kappa shape index (κ3) is 4.04. The Morgan fingerprint density at radius 3 is 2.63 bits per heavy atom. The Bertz CT molecular complexity index is 1090. The standard InChI is InChI=1S/C19H15N3O5/c1-12(18(24)21-14-8-6-13(10-20)7-9-14)26-17(23)11-22-15-4-2-3-5-16(15)27-19(22)25/h2-9,12H,11H2,1H3,(H,21,24)/t12-/m1/s1. The molecule has 8 nitrogen and oxygen atoms in total. The van der Waals surface area contributed by atoms with E-state index in [-0.39, 0.29) is 6.54 Å². The van der Waals surface area contributed by atoms with Gasteiger partial charge in [0.1, 0.15) is 6.54 Å². The van der Waals surface area contributed by atoms with E-state index in [9.17, 15) is 14.4 Å². The monoisotopic (exact) mass is 365 g/mol. The van der Waals surface area contributed by atoms with Crippen molar-refractivity contribution in [3.8, 4) is 6.07 Å². The summed E-state index contributed by atoms with van der Waals surface area (Å²) in [5.74, 6) is -1.95. The van der Waals surface area contributed by atoms with Crippen molar-refractivity contribution in [3.05, 3.63) is 64.6 Å². The van der Waals surface area contributed by atoms with Crippen LogP contribution in [-0.4, -0.2) is 22.5 Å². The van der Waals surface area contributed by atoms with Crippen molar-refractivity contribution in [2.75, 3.05) is 5.32 Å². The highest BCUT2D eigenvalue weighted by Gasteiger charge is 2.20. The molecule has 0 bridgehead atoms. The Hall–Kier alpha value is -3.86. The number of benzene rings is 2. The lowest BCUT2D eigenvalue weighted by Crippen LogP contribution is -2.32. The van der Waals surface area contributed by atoms with Crippen molar-refractivity contribution < 1.29 is 18.7 Å². The summed E-state index contributed by atoms with van der Waals surface area (Å²) in [5, 5.41) is 11.3. The molecular formula is C19H15N3O5. The van der Waals surface area contributed by atoms with E-state index < -0.39 is 23.7 Å². The quantitative estimate of drug-likeness (QED) is 0.692. The number of fused-ring (bicyclic) bond motifs is 1. The van der Waals surface area contributed by atoms with Crippen LogP contribution in [0, 0.1) is 11.3 Å². The van der Waals surface area contributed by atoms with E-state index in [1.54, 1.807) is 48.5 Å². The predicted molar refractivity (Wildman–Crippen MR) is 95.8 cm³/mol. The second-order valence-electron chi connectivity index (χ2n) is 5.73. The van der Waals surface area contributed by atoms with Crippen LogP contribution in [0.4, 0.5) is 5.69 Å². The van der Waals surface area contributed by atoms with Gasteiger partial charge in [-0.05, 0) is 43.3 Å². The van der Waals surface area contributed by atoms with Crippen LogP contribution in [0.1, 0.15) is 12.5 Å². The second-order valence-corrected chi connectivity index (χ2v) is 5.73. The lowest BCUT2D eigenvalue weighted by molar-refractivity contribution is -0.153. The molecule has 0 aliphatic rings. The molecule has 8 heteroatoms. The molecule has 2 aromatic carbocycles. The van der Waals surface area contributed by atoms with Gasteiger partial charge < -0.3 is 14.5 Å². The van der Waals surface area contributed by atoms with Gasteiger partial charge in [0, 0.05) is 5.69 Å². The lowest BCUT2D eigenvalue weighted by atomic mass is 10.2. The molecular weight excluding hydrogens is 350 g/mol. The molecule has 3 aromatic rings. The number of ether oxygens (including phenoxy) is 1. The molecule has 0 spiro atoms. The molecule has 27 heavy (non-hydrogen) atoms. The van der Waals surface area contributed by atoms with E-state index in [1.165, 1.54) is 6.92 Å². The molecule has 0 fully saturated rings. The molecule has 1 amide bonds. The molecule has 0 radical (unpaired) electrons. The first-order valence-corrected chi connectivity index (χ1v) is 8.07. The van der Waals surface area contributed by atoms with Crippen molar-refractivity contribution in [2.24, 2.45) is 0 Å². The fourth-order valence-electron chi connectivity index (χ4n) is 2.45. The van der Waals surface area contributed by atoms with Crippen LogP contribution in [0.5, 0.6) is 0 Å². The molecule has 0 saturated heterocycles. The SMILES string of the molecule is C[C@@H](OC(=O)Cn1c(=O)oc2ccccc21)C(=O)Nc1ccc(C#N)cc1. The Balaban J connectivity index is 1.62. The summed E-state index contributed by atoms with van der Waals surface area (Å²) < 4.78 is 11.3. The molecule has 0 saturated carbocycles. The van der Waals surface area contributed by atoms with E-state index in [0.29, 0.717) is 22.4 Å². The first kappa shape index (κ1) is 17.9. The molecule has 3 rings (SSSR count). The smallest absolute Gasteiger partial charge is 0.420 e. The van der Waals surface area contributed by atoms with E-state index in [1.807, 2.05) is 6.07 Å². The molecule has 1 aromatic heterocycles. The summed E-state index contributed by atoms with van der Waals surface area (Å²) >= 11 is 0. The van der Waals surface area contributed by atoms with Crippen LogP contribution < -0.4 is 11.1 Å². The normalized spacial score (nSPS) is 11.6. The Labute approximate surface area is 153 Å². The predicted octanol–water partition coefficient (Wildman–Crippen LogP) is 2.04. The van der Waals surface area contributed by atoms with Gasteiger partial charge in [-0.15, -0.1) is 0 Å². The number of hydrogen-bond acceptors (Lipinski definition) is 6. The number of nitrogens with one attached hydrogen (secondary N) is 1. The van der Waals surface area contributed by atoms with Crippen LogP contribution >= 0.6 is 0 Å². The topological polar surface area (TPSA) is 114 Å². The zero-order valence-corrected chi connectivity index (χ0v) is 14.3. The van der Waals surface area contributed by atoms with E-state index in [4.69, 9.17) is 14.4 Å². The van der Waals surface area contributed by atoms with Crippen molar-refractivity contribution in [2.45, 2.75) is 19.6 Å². The Morgan fingerprint density at radius 1 is 1.22 bits per heavy atom. The summed E-state index contributed by atoms with van der Waals surface area (Å²) in [5.41, 5.74) is 1.76. The number of oxazole rings is 1. The maximum atomic E-state index is 12.1. The number of hydrogen-bond donors (Lipinski definition) is 1. The average Bonchev–Trinajstić information content (AvgIpc) is 2.97. The highest BCUT2D eigenvalue weighted by molar-refractivity contribution is 5.95. The van der Waals surface area contributed by atoms with Gasteiger partial charge in [-0.25, -0.2) is 4.79 Å². The molecule has 136 valence electrons. The number of aromatic nitrogens is 1. The largest absolute Gasteiger partial charge is 0.451 e. The van der Waals surface area contributed by atoms with Crippen LogP contribution in [-0.2, 0) is 20.9 Å². The highest BCUT2D eigenvalue weighted by Crippen LogP contribution is 2.12. The third-order valence-corrected chi connectivity index (χ3v) is 3.82. The van der Waals surface area contributed by atoms with Gasteiger partial charge in [0.25, 0.3) is 5.91 Å². The molecule has 0 unspecified atom stereocenters. The van der Waals surface area contributed by atoms with Gasteiger partial charge in [0.05, 0.1) is 17.1 Å². The second kappa shape index (κ2) is 7.58. The van der Waals surface area contributed by atoms with E-state index in [2.05, 4.69) is 5.32 Å². The van der Waals surface area contributed by atoms with Crippen LogP contribution in [0.15, 0.2) is 57.7 Å². The van der Waals surface area contributed by atoms with Crippen molar-refractivity contribution in [3.63, 3.8) is 0 Å². The number of anilines is 1. The van der Waals surface area contributed by atoms with Crippen LogP contribution in [0.2, 0.25) is 0 Å². The minimum Gasteiger partial charge on any atom is -0.451 e. The fourth-order valence-corrected chi connectivity index (χ4v) is 2.45. The van der Waals surface area contributed by atoms with E-state index >= 15 is 0 Å². The van der Waals surface area contributed by atoms with E-state index in [0.717, 1.165) is 4.57 Å². The number of carbonyl (C=O) groups excluding carboxylic acids is 2. The molecule has 0 aliphatic carbocycles. The van der Waals surface area contributed by atoms with Crippen molar-refractivity contribution in [1.82, 2.24) is 4.57 Å². The summed E-state index contributed by atoms with van der Waals surface area (Å²) in [7, 11) is 0. The van der Waals surface area contributed by atoms with Crippen molar-refractivity contribution >= 4 is 28.7 Å². The number of nitriles is 1. The number of nitrogens with zero attached hydrogens (tertiary/aromatic N) is 2.